The molecule has 1 saturated carbocycles. The van der Waals surface area contributed by atoms with Crippen LogP contribution in [0.4, 0.5) is 37.9 Å². The lowest BCUT2D eigenvalue weighted by molar-refractivity contribution is -0.362. The highest BCUT2D eigenvalue weighted by molar-refractivity contribution is 7.92. The molecule has 3 aliphatic rings. The van der Waals surface area contributed by atoms with E-state index in [1.54, 1.807) is 30.4 Å². The van der Waals surface area contributed by atoms with Gasteiger partial charge in [0.1, 0.15) is 23.8 Å². The van der Waals surface area contributed by atoms with E-state index in [1.807, 2.05) is 6.07 Å². The summed E-state index contributed by atoms with van der Waals surface area (Å²) in [5.74, 6) is 1.65. The molecule has 7 rings (SSSR count). The lowest BCUT2D eigenvalue weighted by Gasteiger charge is -2.35. The normalized spacial score (nSPS) is 19.9. The fourth-order valence-electron chi connectivity index (χ4n) is 7.22. The predicted octanol–water partition coefficient (Wildman–Crippen LogP) is 2.99. The van der Waals surface area contributed by atoms with Crippen LogP contribution >= 0.6 is 0 Å². The van der Waals surface area contributed by atoms with Gasteiger partial charge >= 0.3 is 5.95 Å². The summed E-state index contributed by atoms with van der Waals surface area (Å²) >= 11 is 0. The highest BCUT2D eigenvalue weighted by Crippen LogP contribution is 2.34. The Morgan fingerprint density at radius 2 is 1.71 bits per heavy atom. The van der Waals surface area contributed by atoms with Gasteiger partial charge in [-0.2, -0.15) is 4.98 Å². The van der Waals surface area contributed by atoms with E-state index in [0.717, 1.165) is 37.6 Å². The lowest BCUT2D eigenvalue weighted by atomic mass is 9.93. The van der Waals surface area contributed by atoms with Crippen LogP contribution in [0.3, 0.4) is 0 Å². The first kappa shape index (κ1) is 38.3. The minimum atomic E-state index is -3.81. The minimum Gasteiger partial charge on any atom is -0.741 e. The van der Waals surface area contributed by atoms with Crippen LogP contribution < -0.4 is 24.2 Å². The van der Waals surface area contributed by atoms with Gasteiger partial charge in [-0.25, -0.2) is 31.7 Å². The smallest absolute Gasteiger partial charge is 0.398 e. The number of aromatic nitrogens is 6. The maximum atomic E-state index is 13.2. The summed E-state index contributed by atoms with van der Waals surface area (Å²) in [5, 5.41) is 15.9. The zero-order valence-electron chi connectivity index (χ0n) is 30.9. The zero-order valence-corrected chi connectivity index (χ0v) is 31.7. The Hall–Kier alpha value is -4.95. The van der Waals surface area contributed by atoms with Crippen molar-refractivity contribution < 1.29 is 31.4 Å². The average Bonchev–Trinajstić information content (AvgIpc) is 3.54. The van der Waals surface area contributed by atoms with Crippen molar-refractivity contribution in [1.29, 1.82) is 0 Å². The monoisotopic (exact) mass is 784 g/mol. The van der Waals surface area contributed by atoms with Crippen molar-refractivity contribution in [3.05, 3.63) is 47.8 Å². The number of alkyl halides is 2. The number of fused-ring (bicyclic) bond motifs is 1. The van der Waals surface area contributed by atoms with E-state index in [9.17, 15) is 22.4 Å². The molecule has 0 atom stereocenters. The fourth-order valence-corrected chi connectivity index (χ4v) is 8.07. The van der Waals surface area contributed by atoms with Crippen molar-refractivity contribution in [3.63, 3.8) is 0 Å². The van der Waals surface area contributed by atoms with Crippen LogP contribution in [-0.2, 0) is 28.4 Å². The van der Waals surface area contributed by atoms with Gasteiger partial charge in [-0.3, -0.25) is 18.9 Å². The van der Waals surface area contributed by atoms with Gasteiger partial charge in [-0.05, 0) is 31.7 Å². The topological polar surface area (TPSA) is 173 Å². The number of rotatable bonds is 13. The average molecular weight is 785 g/mol. The van der Waals surface area contributed by atoms with Crippen LogP contribution in [-0.4, -0.2) is 138 Å². The largest absolute Gasteiger partial charge is 0.741 e. The summed E-state index contributed by atoms with van der Waals surface area (Å²) in [6.07, 6.45) is 8.20. The molecule has 2 saturated heterocycles. The van der Waals surface area contributed by atoms with E-state index in [0.29, 0.717) is 97.2 Å². The van der Waals surface area contributed by atoms with Crippen LogP contribution in [0, 0.1) is 5.21 Å². The van der Waals surface area contributed by atoms with Gasteiger partial charge in [0.25, 0.3) is 6.43 Å². The maximum absolute atomic E-state index is 13.2. The summed E-state index contributed by atoms with van der Waals surface area (Å²) < 4.78 is 67.1. The van der Waals surface area contributed by atoms with Gasteiger partial charge in [0, 0.05) is 58.1 Å². The van der Waals surface area contributed by atoms with E-state index in [2.05, 4.69) is 36.8 Å². The van der Waals surface area contributed by atoms with Crippen molar-refractivity contribution in [2.24, 2.45) is 7.05 Å². The molecular formula is C35H46F2N12O5S. The number of imidazole rings is 1. The number of hydrogen-bond donors (Lipinski definition) is 1. The van der Waals surface area contributed by atoms with Crippen LogP contribution in [0.1, 0.15) is 31.4 Å². The van der Waals surface area contributed by atoms with Crippen LogP contribution in [0.2, 0.25) is 0 Å². The van der Waals surface area contributed by atoms with Crippen molar-refractivity contribution in [1.82, 2.24) is 34.4 Å². The van der Waals surface area contributed by atoms with Crippen molar-refractivity contribution >= 4 is 56.7 Å². The number of anilines is 4. The Bertz CT molecular complexity index is 2070. The second kappa shape index (κ2) is 16.4. The Kier molecular flexibility index (Phi) is 11.4. The Labute approximate surface area is 318 Å². The van der Waals surface area contributed by atoms with Crippen LogP contribution in [0.5, 0.6) is 5.88 Å². The molecule has 1 aliphatic carbocycles. The molecule has 4 aromatic heterocycles. The molecule has 0 radical (unpaired) electrons. The second-order valence-corrected chi connectivity index (χ2v) is 16.0. The van der Waals surface area contributed by atoms with Crippen LogP contribution in [0.15, 0.2) is 36.9 Å². The number of ether oxygens (including phenoxy) is 2. The Morgan fingerprint density at radius 1 is 1.00 bits per heavy atom. The minimum absolute atomic E-state index is 0.0449. The van der Waals surface area contributed by atoms with Gasteiger partial charge in [0.05, 0.1) is 80.5 Å². The molecule has 55 heavy (non-hydrogen) atoms. The first-order valence-electron chi connectivity index (χ1n) is 18.3. The molecule has 0 aromatic carbocycles. The first-order valence-corrected chi connectivity index (χ1v) is 20.2. The number of hydrogen-bond acceptors (Lipinski definition) is 14. The number of nitrogens with one attached hydrogen (secondary N) is 1. The standard InChI is InChI=1S/C35H46F2N12O5S/c1-44-27(21-41-35(44)45(2)50)22-49(55(3,51)52)25-16-29-30(38-18-25)17-32(48-12-14-53-15-13-48)43-33(29)54-28-6-4-24(5-7-28)42-34-39-19-26(20-40-34)47-10-8-46(9-11-47)23-31(36)37/h16-21,24,28,31H,2,4-15,22-23H2,1,3H3,(H,39,40,42)/t24-,28+. The molecular weight excluding hydrogens is 739 g/mol. The number of morpholine rings is 1. The number of nitrogens with zero attached hydrogens (tertiary/aromatic N) is 11. The first-order chi connectivity index (χ1) is 26.4. The summed E-state index contributed by atoms with van der Waals surface area (Å²) in [4.78, 5) is 28.8. The zero-order chi connectivity index (χ0) is 38.7. The second-order valence-electron chi connectivity index (χ2n) is 14.1. The molecule has 2 aliphatic heterocycles. The van der Waals surface area contributed by atoms with Gasteiger partial charge in [0.2, 0.25) is 21.9 Å². The molecule has 17 nitrogen and oxygen atoms in total. The highest BCUT2D eigenvalue weighted by atomic mass is 32.2. The van der Waals surface area contributed by atoms with E-state index < -0.39 is 16.4 Å². The molecule has 0 amide bonds. The third-order valence-electron chi connectivity index (χ3n) is 10.3. The molecule has 0 unspecified atom stereocenters. The Balaban J connectivity index is 1.05. The fraction of sp³-hybridized carbons (Fsp3) is 0.543. The van der Waals surface area contributed by atoms with E-state index in [-0.39, 0.29) is 31.2 Å². The molecule has 0 bridgehead atoms. The van der Waals surface area contributed by atoms with E-state index >= 15 is 0 Å². The third-order valence-corrected chi connectivity index (χ3v) is 11.4. The SMILES string of the molecule is C=[N+]([O-])c1ncc(CN(c2cnc3cc(N4CCOCC4)nc(O[C@H]4CC[C@@H](Nc5ncc(N6CCN(CC(F)F)CC6)cn5)CC4)c3c2)S(C)(=O)=O)n1C. The van der Waals surface area contributed by atoms with Gasteiger partial charge in [-0.15, -0.1) is 0 Å². The summed E-state index contributed by atoms with van der Waals surface area (Å²) in [5.41, 5.74) is 2.27. The third kappa shape index (κ3) is 9.13. The molecule has 3 fully saturated rings. The summed E-state index contributed by atoms with van der Waals surface area (Å²) in [6.45, 7) is 7.95. The van der Waals surface area contributed by atoms with Gasteiger partial charge in [0.15, 0.2) is 0 Å². The molecule has 6 heterocycles. The summed E-state index contributed by atoms with van der Waals surface area (Å²) in [7, 11) is -2.19. The molecule has 1 N–H and O–H groups in total. The predicted molar refractivity (Wildman–Crippen MR) is 204 cm³/mol. The molecule has 296 valence electrons. The quantitative estimate of drug-likeness (QED) is 0.0908. The van der Waals surface area contributed by atoms with Crippen molar-refractivity contribution in [3.8, 4) is 5.88 Å². The summed E-state index contributed by atoms with van der Waals surface area (Å²) in [6, 6.07) is 3.74. The lowest BCUT2D eigenvalue weighted by Crippen LogP contribution is -2.47. The number of sulfonamides is 1. The number of pyridine rings is 2. The van der Waals surface area contributed by atoms with E-state index in [4.69, 9.17) is 19.4 Å². The van der Waals surface area contributed by atoms with Crippen molar-refractivity contribution in [2.75, 3.05) is 84.7 Å². The van der Waals surface area contributed by atoms with E-state index in [1.165, 1.54) is 21.3 Å². The number of halogens is 2. The molecule has 4 aromatic rings. The highest BCUT2D eigenvalue weighted by Gasteiger charge is 2.28. The Morgan fingerprint density at radius 3 is 2.35 bits per heavy atom. The molecule has 0 spiro atoms. The molecule has 20 heteroatoms. The maximum Gasteiger partial charge on any atom is 0.398 e. The van der Waals surface area contributed by atoms with Gasteiger partial charge in [-0.1, -0.05) is 4.98 Å². The van der Waals surface area contributed by atoms with Crippen LogP contribution in [0.25, 0.3) is 10.9 Å². The van der Waals surface area contributed by atoms with Crippen molar-refractivity contribution in [2.45, 2.75) is 50.8 Å². The van der Waals surface area contributed by atoms with Gasteiger partial charge < -0.3 is 29.8 Å². The number of piperazine rings is 1.